The van der Waals surface area contributed by atoms with Crippen molar-refractivity contribution in [2.75, 3.05) is 33.2 Å². The quantitative estimate of drug-likeness (QED) is 0.587. The molecule has 2 aromatic carbocycles. The molecule has 0 radical (unpaired) electrons. The maximum atomic E-state index is 12.7. The zero-order valence-electron chi connectivity index (χ0n) is 18.3. The normalized spacial score (nSPS) is 15.2. The van der Waals surface area contributed by atoms with E-state index in [-0.39, 0.29) is 5.91 Å². The van der Waals surface area contributed by atoms with Crippen molar-refractivity contribution in [1.82, 2.24) is 19.7 Å². The average molecular weight is 419 g/mol. The Kier molecular flexibility index (Phi) is 6.79. The van der Waals surface area contributed by atoms with Crippen LogP contribution in [0, 0.1) is 6.92 Å². The Morgan fingerprint density at radius 1 is 0.968 bits per heavy atom. The van der Waals surface area contributed by atoms with Crippen molar-refractivity contribution >= 4 is 5.91 Å². The van der Waals surface area contributed by atoms with E-state index in [1.807, 2.05) is 30.3 Å². The van der Waals surface area contributed by atoms with Crippen molar-refractivity contribution < 1.29 is 9.21 Å². The molecule has 6 nitrogen and oxygen atoms in total. The Morgan fingerprint density at radius 2 is 1.65 bits per heavy atom. The van der Waals surface area contributed by atoms with Crippen LogP contribution in [-0.2, 0) is 19.6 Å². The van der Waals surface area contributed by atoms with Crippen LogP contribution in [0.4, 0.5) is 0 Å². The van der Waals surface area contributed by atoms with Gasteiger partial charge < -0.3 is 9.32 Å². The number of rotatable bonds is 7. The van der Waals surface area contributed by atoms with Gasteiger partial charge in [0.2, 0.25) is 5.89 Å². The van der Waals surface area contributed by atoms with E-state index >= 15 is 0 Å². The van der Waals surface area contributed by atoms with E-state index in [0.29, 0.717) is 24.7 Å². The third-order valence-electron chi connectivity index (χ3n) is 5.69. The summed E-state index contributed by atoms with van der Waals surface area (Å²) in [5, 5.41) is 0. The van der Waals surface area contributed by atoms with Gasteiger partial charge in [-0.2, -0.15) is 0 Å². The highest BCUT2D eigenvalue weighted by Crippen LogP contribution is 2.14. The van der Waals surface area contributed by atoms with Crippen molar-refractivity contribution in [3.63, 3.8) is 0 Å². The van der Waals surface area contributed by atoms with Crippen molar-refractivity contribution in [3.05, 3.63) is 89.1 Å². The highest BCUT2D eigenvalue weighted by atomic mass is 16.3. The van der Waals surface area contributed by atoms with Crippen molar-refractivity contribution in [3.8, 4) is 0 Å². The van der Waals surface area contributed by atoms with Gasteiger partial charge in [-0.05, 0) is 18.1 Å². The van der Waals surface area contributed by atoms with Gasteiger partial charge >= 0.3 is 0 Å². The highest BCUT2D eigenvalue weighted by molar-refractivity contribution is 5.91. The number of oxazole rings is 1. The molecule has 4 rings (SSSR count). The molecule has 1 saturated heterocycles. The van der Waals surface area contributed by atoms with Gasteiger partial charge in [-0.3, -0.25) is 14.6 Å². The summed E-state index contributed by atoms with van der Waals surface area (Å²) in [5.41, 5.74) is 4.13. The Morgan fingerprint density at radius 3 is 2.35 bits per heavy atom. The summed E-state index contributed by atoms with van der Waals surface area (Å²) in [6, 6.07) is 18.7. The number of aromatic nitrogens is 1. The van der Waals surface area contributed by atoms with E-state index in [9.17, 15) is 4.79 Å². The van der Waals surface area contributed by atoms with Crippen LogP contribution >= 0.6 is 0 Å². The van der Waals surface area contributed by atoms with Gasteiger partial charge in [-0.15, -0.1) is 0 Å². The molecule has 1 fully saturated rings. The largest absolute Gasteiger partial charge is 0.447 e. The SMILES string of the molecule is Cc1cccc(CN2CCN(Cc3nc(C(=O)N(C)Cc4ccccc4)co3)CC2)c1. The molecular weight excluding hydrogens is 388 g/mol. The Hall–Kier alpha value is -2.96. The molecule has 0 saturated carbocycles. The third-order valence-corrected chi connectivity index (χ3v) is 5.69. The zero-order valence-corrected chi connectivity index (χ0v) is 18.3. The number of aryl methyl sites for hydroxylation is 1. The minimum Gasteiger partial charge on any atom is -0.447 e. The lowest BCUT2D eigenvalue weighted by atomic mass is 10.1. The number of hydrogen-bond donors (Lipinski definition) is 0. The second-order valence-electron chi connectivity index (χ2n) is 8.31. The van der Waals surface area contributed by atoms with Crippen LogP contribution in [0.25, 0.3) is 0 Å². The standard InChI is InChI=1S/C25H30N4O2/c1-20-7-6-10-22(15-20)17-28-11-13-29(14-12-28)18-24-26-23(19-31-24)25(30)27(2)16-21-8-4-3-5-9-21/h3-10,15,19H,11-14,16-18H2,1-2H3. The molecule has 1 amide bonds. The van der Waals surface area contributed by atoms with Crippen LogP contribution in [0.15, 0.2) is 65.3 Å². The minimum atomic E-state index is -0.123. The first-order valence-corrected chi connectivity index (χ1v) is 10.8. The first-order chi connectivity index (χ1) is 15.1. The number of amides is 1. The van der Waals surface area contributed by atoms with Crippen LogP contribution in [0.3, 0.4) is 0 Å². The van der Waals surface area contributed by atoms with Gasteiger partial charge in [0, 0.05) is 46.3 Å². The topological polar surface area (TPSA) is 52.8 Å². The summed E-state index contributed by atoms with van der Waals surface area (Å²) in [6.45, 7) is 8.26. The molecule has 6 heteroatoms. The molecule has 0 unspecified atom stereocenters. The van der Waals surface area contributed by atoms with Crippen molar-refractivity contribution in [1.29, 1.82) is 0 Å². The summed E-state index contributed by atoms with van der Waals surface area (Å²) in [5.74, 6) is 0.477. The molecule has 0 bridgehead atoms. The zero-order chi connectivity index (χ0) is 21.6. The van der Waals surface area contributed by atoms with Crippen molar-refractivity contribution in [2.45, 2.75) is 26.6 Å². The lowest BCUT2D eigenvalue weighted by Crippen LogP contribution is -2.45. The lowest BCUT2D eigenvalue weighted by Gasteiger charge is -2.34. The van der Waals surface area contributed by atoms with Gasteiger partial charge in [-0.1, -0.05) is 60.2 Å². The Balaban J connectivity index is 1.26. The average Bonchev–Trinajstić information content (AvgIpc) is 3.24. The second-order valence-corrected chi connectivity index (χ2v) is 8.31. The molecule has 162 valence electrons. The predicted octanol–water partition coefficient (Wildman–Crippen LogP) is 3.57. The van der Waals surface area contributed by atoms with Gasteiger partial charge in [-0.25, -0.2) is 4.98 Å². The van der Waals surface area contributed by atoms with E-state index < -0.39 is 0 Å². The maximum absolute atomic E-state index is 12.7. The van der Waals surface area contributed by atoms with Gasteiger partial charge in [0.25, 0.3) is 5.91 Å². The molecule has 1 aromatic heterocycles. The molecule has 0 spiro atoms. The predicted molar refractivity (Wildman–Crippen MR) is 120 cm³/mol. The summed E-state index contributed by atoms with van der Waals surface area (Å²) >= 11 is 0. The van der Waals surface area contributed by atoms with Gasteiger partial charge in [0.15, 0.2) is 5.69 Å². The molecule has 3 aromatic rings. The molecule has 1 aliphatic rings. The van der Waals surface area contributed by atoms with Crippen LogP contribution in [0.5, 0.6) is 0 Å². The van der Waals surface area contributed by atoms with Crippen molar-refractivity contribution in [2.24, 2.45) is 0 Å². The monoisotopic (exact) mass is 418 g/mol. The highest BCUT2D eigenvalue weighted by Gasteiger charge is 2.21. The van der Waals surface area contributed by atoms with Crippen LogP contribution < -0.4 is 0 Å². The van der Waals surface area contributed by atoms with Crippen LogP contribution in [0.1, 0.15) is 33.1 Å². The minimum absolute atomic E-state index is 0.123. The molecule has 0 aliphatic carbocycles. The van der Waals surface area contributed by atoms with Crippen LogP contribution in [-0.4, -0.2) is 58.8 Å². The molecule has 0 N–H and O–H groups in total. The van der Waals surface area contributed by atoms with E-state index in [0.717, 1.165) is 38.3 Å². The molecule has 0 atom stereocenters. The lowest BCUT2D eigenvalue weighted by molar-refractivity contribution is 0.0779. The maximum Gasteiger partial charge on any atom is 0.275 e. The molecule has 1 aliphatic heterocycles. The number of carbonyl (C=O) groups excluding carboxylic acids is 1. The Labute approximate surface area is 184 Å². The summed E-state index contributed by atoms with van der Waals surface area (Å²) in [7, 11) is 1.79. The molecular formula is C25H30N4O2. The van der Waals surface area contributed by atoms with Gasteiger partial charge in [0.1, 0.15) is 6.26 Å². The first kappa shape index (κ1) is 21.3. The number of nitrogens with zero attached hydrogens (tertiary/aromatic N) is 4. The van der Waals surface area contributed by atoms with E-state index in [1.54, 1.807) is 11.9 Å². The second kappa shape index (κ2) is 9.90. The fraction of sp³-hybridized carbons (Fsp3) is 0.360. The number of carbonyl (C=O) groups is 1. The van der Waals surface area contributed by atoms with E-state index in [1.165, 1.54) is 17.4 Å². The fourth-order valence-electron chi connectivity index (χ4n) is 3.97. The molecule has 31 heavy (non-hydrogen) atoms. The van der Waals surface area contributed by atoms with Crippen LogP contribution in [0.2, 0.25) is 0 Å². The number of benzene rings is 2. The smallest absolute Gasteiger partial charge is 0.275 e. The van der Waals surface area contributed by atoms with Gasteiger partial charge in [0.05, 0.1) is 6.54 Å². The molecule has 2 heterocycles. The van der Waals surface area contributed by atoms with E-state index in [2.05, 4.69) is 46.0 Å². The summed E-state index contributed by atoms with van der Waals surface area (Å²) in [6.07, 6.45) is 1.48. The third kappa shape index (κ3) is 5.81. The fourth-order valence-corrected chi connectivity index (χ4v) is 3.97. The first-order valence-electron chi connectivity index (χ1n) is 10.8. The van der Waals surface area contributed by atoms with E-state index in [4.69, 9.17) is 4.42 Å². The number of hydrogen-bond acceptors (Lipinski definition) is 5. The Bertz CT molecular complexity index is 994. The summed E-state index contributed by atoms with van der Waals surface area (Å²) < 4.78 is 5.61. The number of piperazine rings is 1. The summed E-state index contributed by atoms with van der Waals surface area (Å²) in [4.78, 5) is 23.6.